The quantitative estimate of drug-likeness (QED) is 0.193. The van der Waals surface area contributed by atoms with Gasteiger partial charge in [0.05, 0.1) is 12.2 Å². The third-order valence-corrected chi connectivity index (χ3v) is 7.27. The molecule has 1 aliphatic carbocycles. The summed E-state index contributed by atoms with van der Waals surface area (Å²) in [6, 6.07) is 0. The zero-order chi connectivity index (χ0) is 17.5. The van der Waals surface area contributed by atoms with Crippen molar-refractivity contribution in [3.05, 3.63) is 27.2 Å². The third kappa shape index (κ3) is 6.35. The fraction of sp³-hybridized carbons (Fsp3) is 0.588. The molecule has 0 amide bonds. The lowest BCUT2D eigenvalue weighted by atomic mass is 10.0. The van der Waals surface area contributed by atoms with Gasteiger partial charge in [-0.1, -0.05) is 11.8 Å². The van der Waals surface area contributed by atoms with Gasteiger partial charge in [-0.05, 0) is 32.1 Å². The van der Waals surface area contributed by atoms with Gasteiger partial charge in [0, 0.05) is 42.8 Å². The zero-order valence-corrected chi connectivity index (χ0v) is 20.0. The fourth-order valence-corrected chi connectivity index (χ4v) is 5.71. The van der Waals surface area contributed by atoms with Crippen LogP contribution < -0.4 is 5.32 Å². The molecule has 1 N–H and O–H groups in total. The van der Waals surface area contributed by atoms with E-state index in [4.69, 9.17) is 4.98 Å². The lowest BCUT2D eigenvalue weighted by Gasteiger charge is -2.20. The van der Waals surface area contributed by atoms with Crippen molar-refractivity contribution in [1.82, 2.24) is 20.2 Å². The van der Waals surface area contributed by atoms with Gasteiger partial charge < -0.3 is 10.2 Å². The normalized spacial score (nSPS) is 13.8. The van der Waals surface area contributed by atoms with Crippen molar-refractivity contribution >= 4 is 64.4 Å². The van der Waals surface area contributed by atoms with Crippen LogP contribution in [0.2, 0.25) is 0 Å². The van der Waals surface area contributed by atoms with Gasteiger partial charge in [0.25, 0.3) is 0 Å². The van der Waals surface area contributed by atoms with Crippen LogP contribution in [0.1, 0.15) is 34.8 Å². The van der Waals surface area contributed by atoms with E-state index in [1.54, 1.807) is 11.3 Å². The first kappa shape index (κ1) is 21.9. The van der Waals surface area contributed by atoms with Crippen LogP contribution in [0.25, 0.3) is 0 Å². The van der Waals surface area contributed by atoms with Gasteiger partial charge in [0.2, 0.25) is 0 Å². The number of hydrogen-bond acceptors (Lipinski definition) is 6. The summed E-state index contributed by atoms with van der Waals surface area (Å²) in [5.41, 5.74) is 1.34. The zero-order valence-electron chi connectivity index (χ0n) is 15.2. The number of aryl methyl sites for hydroxylation is 2. The minimum absolute atomic E-state index is 0. The van der Waals surface area contributed by atoms with Crippen LogP contribution >= 0.6 is 58.4 Å². The highest BCUT2D eigenvalue weighted by atomic mass is 127. The molecule has 2 aromatic rings. The number of aromatic nitrogens is 2. The van der Waals surface area contributed by atoms with Crippen LogP contribution in [-0.2, 0) is 19.4 Å². The molecule has 0 bridgehead atoms. The third-order valence-electron chi connectivity index (χ3n) is 4.08. The second-order valence-corrected chi connectivity index (χ2v) is 9.42. The Bertz CT molecular complexity index is 663. The number of rotatable bonds is 7. The number of thiazole rings is 2. The summed E-state index contributed by atoms with van der Waals surface area (Å²) >= 11 is 5.40. The van der Waals surface area contributed by atoms with Crippen molar-refractivity contribution in [2.45, 2.75) is 43.0 Å². The van der Waals surface area contributed by atoms with E-state index < -0.39 is 0 Å². The van der Waals surface area contributed by atoms with Gasteiger partial charge in [-0.3, -0.25) is 4.99 Å². The molecule has 0 saturated carbocycles. The number of halogens is 1. The van der Waals surface area contributed by atoms with Gasteiger partial charge >= 0.3 is 0 Å². The summed E-state index contributed by atoms with van der Waals surface area (Å²) in [7, 11) is 3.93. The van der Waals surface area contributed by atoms with Crippen molar-refractivity contribution in [3.8, 4) is 0 Å². The summed E-state index contributed by atoms with van der Waals surface area (Å²) in [5.74, 6) is 2.01. The molecule has 0 aliphatic heterocycles. The van der Waals surface area contributed by atoms with Crippen molar-refractivity contribution in [1.29, 1.82) is 0 Å². The number of thioether (sulfide) groups is 1. The number of hydrogen-bond donors (Lipinski definition) is 1. The molecule has 0 radical (unpaired) electrons. The first-order chi connectivity index (χ1) is 12.3. The Morgan fingerprint density at radius 1 is 1.38 bits per heavy atom. The molecule has 9 heteroatoms. The molecule has 5 nitrogen and oxygen atoms in total. The average Bonchev–Trinajstić information content (AvgIpc) is 3.26. The smallest absolute Gasteiger partial charge is 0.193 e. The van der Waals surface area contributed by atoms with Crippen LogP contribution in [0, 0.1) is 0 Å². The van der Waals surface area contributed by atoms with Crippen molar-refractivity contribution in [2.75, 3.05) is 26.4 Å². The van der Waals surface area contributed by atoms with Crippen LogP contribution in [0.4, 0.5) is 0 Å². The van der Waals surface area contributed by atoms with Crippen molar-refractivity contribution < 1.29 is 0 Å². The second kappa shape index (κ2) is 11.5. The van der Waals surface area contributed by atoms with Gasteiger partial charge in [0.1, 0.15) is 9.35 Å². The lowest BCUT2D eigenvalue weighted by molar-refractivity contribution is 0.475. The molecule has 0 spiro atoms. The van der Waals surface area contributed by atoms with E-state index in [-0.39, 0.29) is 24.0 Å². The summed E-state index contributed by atoms with van der Waals surface area (Å²) in [4.78, 5) is 17.2. The van der Waals surface area contributed by atoms with Gasteiger partial charge in [-0.25, -0.2) is 9.97 Å². The van der Waals surface area contributed by atoms with E-state index in [1.165, 1.54) is 34.8 Å². The molecule has 0 saturated heterocycles. The topological polar surface area (TPSA) is 53.4 Å². The number of nitrogens with one attached hydrogen (secondary N) is 1. The van der Waals surface area contributed by atoms with E-state index in [0.717, 1.165) is 42.0 Å². The highest BCUT2D eigenvalue weighted by Gasteiger charge is 2.16. The summed E-state index contributed by atoms with van der Waals surface area (Å²) < 4.78 is 1.15. The van der Waals surface area contributed by atoms with Crippen LogP contribution in [0.3, 0.4) is 0 Å². The van der Waals surface area contributed by atoms with E-state index in [2.05, 4.69) is 27.2 Å². The molecule has 2 heterocycles. The SMILES string of the molecule is CN=C(NCCCSc1nccs1)N(C)Cc1nc2c(s1)CCCC2.I. The number of aliphatic imine (C=N–C) groups is 1. The number of nitrogens with zero attached hydrogens (tertiary/aromatic N) is 4. The molecule has 26 heavy (non-hydrogen) atoms. The summed E-state index contributed by atoms with van der Waals surface area (Å²) in [6.07, 6.45) is 7.90. The van der Waals surface area contributed by atoms with Crippen LogP contribution in [0.5, 0.6) is 0 Å². The Morgan fingerprint density at radius 3 is 2.96 bits per heavy atom. The Hall–Kier alpha value is -0.390. The molecular formula is C17H26IN5S3. The van der Waals surface area contributed by atoms with Crippen LogP contribution in [0.15, 0.2) is 20.9 Å². The molecular weight excluding hydrogens is 497 g/mol. The molecule has 0 unspecified atom stereocenters. The largest absolute Gasteiger partial charge is 0.356 e. The van der Waals surface area contributed by atoms with Gasteiger partial charge in [0.15, 0.2) is 5.96 Å². The molecule has 0 fully saturated rings. The standard InChI is InChI=1S/C17H25N5S3.HI/c1-18-16(19-8-5-10-23-17-20-9-11-24-17)22(2)12-15-21-13-6-3-4-7-14(13)25-15;/h9,11H,3-8,10,12H2,1-2H3,(H,18,19);1H. The lowest BCUT2D eigenvalue weighted by Crippen LogP contribution is -2.39. The molecule has 0 aromatic carbocycles. The molecule has 3 rings (SSSR count). The Balaban J connectivity index is 0.00000243. The van der Waals surface area contributed by atoms with E-state index >= 15 is 0 Å². The maximum atomic E-state index is 4.83. The monoisotopic (exact) mass is 523 g/mol. The van der Waals surface area contributed by atoms with Crippen molar-refractivity contribution in [3.63, 3.8) is 0 Å². The van der Waals surface area contributed by atoms with Crippen molar-refractivity contribution in [2.24, 2.45) is 4.99 Å². The van der Waals surface area contributed by atoms with Gasteiger partial charge in [-0.15, -0.1) is 46.7 Å². The van der Waals surface area contributed by atoms with Crippen LogP contribution in [-0.4, -0.2) is 47.2 Å². The minimum Gasteiger partial charge on any atom is -0.356 e. The highest BCUT2D eigenvalue weighted by molar-refractivity contribution is 14.0. The van der Waals surface area contributed by atoms with E-state index in [9.17, 15) is 0 Å². The Kier molecular flexibility index (Phi) is 9.65. The minimum atomic E-state index is 0. The molecule has 1 aliphatic rings. The highest BCUT2D eigenvalue weighted by Crippen LogP contribution is 2.27. The Labute approximate surface area is 185 Å². The predicted octanol–water partition coefficient (Wildman–Crippen LogP) is 4.29. The predicted molar refractivity (Wildman–Crippen MR) is 124 cm³/mol. The maximum Gasteiger partial charge on any atom is 0.193 e. The Morgan fingerprint density at radius 2 is 2.23 bits per heavy atom. The number of fused-ring (bicyclic) bond motifs is 1. The fourth-order valence-electron chi connectivity index (χ4n) is 2.85. The average molecular weight is 524 g/mol. The maximum absolute atomic E-state index is 4.83. The van der Waals surface area contributed by atoms with E-state index in [0.29, 0.717) is 0 Å². The van der Waals surface area contributed by atoms with E-state index in [1.807, 2.05) is 41.7 Å². The molecule has 144 valence electrons. The second-order valence-electron chi connectivity index (χ2n) is 6.01. The first-order valence-electron chi connectivity index (χ1n) is 8.68. The van der Waals surface area contributed by atoms with Gasteiger partial charge in [-0.2, -0.15) is 0 Å². The molecule has 0 atom stereocenters. The summed E-state index contributed by atoms with van der Waals surface area (Å²) in [5, 5.41) is 6.68. The summed E-state index contributed by atoms with van der Waals surface area (Å²) in [6.45, 7) is 1.75. The number of guanidine groups is 1. The molecule has 2 aromatic heterocycles. The first-order valence-corrected chi connectivity index (χ1v) is 11.4.